The standard InChI is InChI=1S/C21H22FN5O2/c1-27-17-10-6-5-9-14(17)15(22)12-16(21(27)29)23-20(28)19-24-18(25-26-19)11-13-7-3-2-4-8-13/h2-8,10,14-16H,9,11-12H2,1H3,(H,23,28)(H,24,25,26)/t14?,15?,16-/m1/s1. The largest absolute Gasteiger partial charge is 0.337 e. The third kappa shape index (κ3) is 3.96. The smallest absolute Gasteiger partial charge is 0.291 e. The SMILES string of the molecule is CN1C(=O)[C@H](NC(=O)c2n[nH]c(Cc3ccccc3)n2)CC(F)C2CC=CC=C21. The van der Waals surface area contributed by atoms with Gasteiger partial charge in [-0.05, 0) is 18.1 Å². The second kappa shape index (κ2) is 7.98. The van der Waals surface area contributed by atoms with Crippen molar-refractivity contribution in [1.82, 2.24) is 25.4 Å². The molecule has 2 amide bonds. The number of amides is 2. The van der Waals surface area contributed by atoms with E-state index in [0.29, 0.717) is 24.4 Å². The highest BCUT2D eigenvalue weighted by Gasteiger charge is 2.39. The summed E-state index contributed by atoms with van der Waals surface area (Å²) in [6.07, 6.45) is 5.20. The van der Waals surface area contributed by atoms with Gasteiger partial charge in [-0.15, -0.1) is 5.10 Å². The van der Waals surface area contributed by atoms with Gasteiger partial charge in [0.15, 0.2) is 0 Å². The number of alkyl halides is 1. The van der Waals surface area contributed by atoms with E-state index in [2.05, 4.69) is 20.5 Å². The summed E-state index contributed by atoms with van der Waals surface area (Å²) in [5.74, 6) is -0.848. The van der Waals surface area contributed by atoms with Crippen LogP contribution in [-0.2, 0) is 11.2 Å². The van der Waals surface area contributed by atoms with Crippen molar-refractivity contribution in [2.45, 2.75) is 31.5 Å². The van der Waals surface area contributed by atoms with E-state index in [9.17, 15) is 14.0 Å². The average Bonchev–Trinajstić information content (AvgIpc) is 3.18. The Kier molecular flexibility index (Phi) is 5.24. The van der Waals surface area contributed by atoms with Gasteiger partial charge < -0.3 is 10.2 Å². The van der Waals surface area contributed by atoms with Gasteiger partial charge in [-0.3, -0.25) is 14.7 Å². The molecule has 2 N–H and O–H groups in total. The quantitative estimate of drug-likeness (QED) is 0.830. The second-order valence-electron chi connectivity index (χ2n) is 7.30. The van der Waals surface area contributed by atoms with Gasteiger partial charge in [0.1, 0.15) is 18.0 Å². The van der Waals surface area contributed by atoms with E-state index in [-0.39, 0.29) is 24.1 Å². The van der Waals surface area contributed by atoms with Crippen LogP contribution in [0.15, 0.2) is 54.3 Å². The van der Waals surface area contributed by atoms with Crippen molar-refractivity contribution >= 4 is 11.8 Å². The molecular formula is C21H22FN5O2. The number of likely N-dealkylation sites (N-methyl/N-ethyl adjacent to an activating group) is 1. The lowest BCUT2D eigenvalue weighted by molar-refractivity contribution is -0.130. The normalized spacial score (nSPS) is 23.9. The highest BCUT2D eigenvalue weighted by Crippen LogP contribution is 2.33. The molecule has 2 unspecified atom stereocenters. The summed E-state index contributed by atoms with van der Waals surface area (Å²) in [5, 5.41) is 9.30. The number of benzene rings is 1. The Morgan fingerprint density at radius 3 is 2.93 bits per heavy atom. The molecule has 2 aliphatic rings. The van der Waals surface area contributed by atoms with Gasteiger partial charge in [0.2, 0.25) is 11.7 Å². The molecule has 1 aliphatic carbocycles. The number of nitrogens with one attached hydrogen (secondary N) is 2. The van der Waals surface area contributed by atoms with Gasteiger partial charge in [-0.2, -0.15) is 0 Å². The van der Waals surface area contributed by atoms with Crippen LogP contribution in [0.5, 0.6) is 0 Å². The number of likely N-dealkylation sites (tertiary alicyclic amines) is 1. The number of aromatic nitrogens is 3. The molecule has 1 aromatic heterocycles. The Hall–Kier alpha value is -3.29. The maximum Gasteiger partial charge on any atom is 0.291 e. The highest BCUT2D eigenvalue weighted by atomic mass is 19.1. The van der Waals surface area contributed by atoms with Crippen molar-refractivity contribution in [3.8, 4) is 0 Å². The number of fused-ring (bicyclic) bond motifs is 1. The fourth-order valence-electron chi connectivity index (χ4n) is 3.79. The third-order valence-corrected chi connectivity index (χ3v) is 5.34. The van der Waals surface area contributed by atoms with Crippen LogP contribution in [0.3, 0.4) is 0 Å². The van der Waals surface area contributed by atoms with Crippen molar-refractivity contribution < 1.29 is 14.0 Å². The van der Waals surface area contributed by atoms with Gasteiger partial charge in [-0.25, -0.2) is 9.37 Å². The molecule has 150 valence electrons. The predicted octanol–water partition coefficient (Wildman–Crippen LogP) is 2.15. The lowest BCUT2D eigenvalue weighted by atomic mass is 9.90. The Morgan fingerprint density at radius 1 is 1.34 bits per heavy atom. The van der Waals surface area contributed by atoms with Crippen molar-refractivity contribution in [1.29, 1.82) is 0 Å². The molecule has 1 fully saturated rings. The zero-order valence-corrected chi connectivity index (χ0v) is 16.0. The van der Waals surface area contributed by atoms with Gasteiger partial charge in [0.25, 0.3) is 5.91 Å². The monoisotopic (exact) mass is 395 g/mol. The predicted molar refractivity (Wildman–Crippen MR) is 104 cm³/mol. The maximum atomic E-state index is 14.8. The topological polar surface area (TPSA) is 91.0 Å². The lowest BCUT2D eigenvalue weighted by Crippen LogP contribution is -2.46. The summed E-state index contributed by atoms with van der Waals surface area (Å²) in [5.41, 5.74) is 1.67. The van der Waals surface area contributed by atoms with Crippen molar-refractivity contribution in [2.24, 2.45) is 5.92 Å². The Bertz CT molecular complexity index is 968. The molecule has 0 radical (unpaired) electrons. The van der Waals surface area contributed by atoms with Crippen LogP contribution in [0.4, 0.5) is 4.39 Å². The van der Waals surface area contributed by atoms with E-state index in [1.54, 1.807) is 13.1 Å². The number of hydrogen-bond acceptors (Lipinski definition) is 4. The number of H-pyrrole nitrogens is 1. The van der Waals surface area contributed by atoms with Gasteiger partial charge in [0, 0.05) is 31.5 Å². The molecule has 2 heterocycles. The molecule has 0 saturated carbocycles. The average molecular weight is 395 g/mol. The van der Waals surface area contributed by atoms with Crippen LogP contribution in [-0.4, -0.2) is 51.2 Å². The molecule has 29 heavy (non-hydrogen) atoms. The minimum Gasteiger partial charge on any atom is -0.337 e. The molecule has 8 heteroatoms. The molecular weight excluding hydrogens is 373 g/mol. The minimum atomic E-state index is -1.23. The number of rotatable bonds is 4. The van der Waals surface area contributed by atoms with Crippen LogP contribution in [0.25, 0.3) is 0 Å². The zero-order chi connectivity index (χ0) is 20.4. The number of allylic oxidation sites excluding steroid dienone is 4. The molecule has 3 atom stereocenters. The Balaban J connectivity index is 1.46. The zero-order valence-electron chi connectivity index (χ0n) is 16.0. The lowest BCUT2D eigenvalue weighted by Gasteiger charge is -2.27. The van der Waals surface area contributed by atoms with Crippen molar-refractivity contribution in [2.75, 3.05) is 7.05 Å². The van der Waals surface area contributed by atoms with Crippen molar-refractivity contribution in [3.63, 3.8) is 0 Å². The first-order chi connectivity index (χ1) is 14.0. The molecule has 7 nitrogen and oxygen atoms in total. The Labute approximate surface area is 167 Å². The molecule has 0 bridgehead atoms. The van der Waals surface area contributed by atoms with Gasteiger partial charge >= 0.3 is 0 Å². The first kappa shape index (κ1) is 19.0. The van der Waals surface area contributed by atoms with Crippen LogP contribution in [0.2, 0.25) is 0 Å². The fourth-order valence-corrected chi connectivity index (χ4v) is 3.79. The van der Waals surface area contributed by atoms with E-state index in [4.69, 9.17) is 0 Å². The van der Waals surface area contributed by atoms with E-state index >= 15 is 0 Å². The van der Waals surface area contributed by atoms with Crippen LogP contribution < -0.4 is 5.32 Å². The molecule has 4 rings (SSSR count). The number of carbonyl (C=O) groups excluding carboxylic acids is 2. The summed E-state index contributed by atoms with van der Waals surface area (Å²) >= 11 is 0. The first-order valence-corrected chi connectivity index (χ1v) is 9.57. The molecule has 1 aliphatic heterocycles. The van der Waals surface area contributed by atoms with E-state index in [1.807, 2.05) is 42.5 Å². The van der Waals surface area contributed by atoms with E-state index in [0.717, 1.165) is 5.56 Å². The van der Waals surface area contributed by atoms with E-state index < -0.39 is 18.1 Å². The van der Waals surface area contributed by atoms with Crippen molar-refractivity contribution in [3.05, 3.63) is 71.5 Å². The van der Waals surface area contributed by atoms with Crippen LogP contribution >= 0.6 is 0 Å². The molecule has 1 saturated heterocycles. The first-order valence-electron chi connectivity index (χ1n) is 9.57. The second-order valence-corrected chi connectivity index (χ2v) is 7.30. The highest BCUT2D eigenvalue weighted by molar-refractivity contribution is 5.95. The summed E-state index contributed by atoms with van der Waals surface area (Å²) in [6, 6.07) is 8.70. The summed E-state index contributed by atoms with van der Waals surface area (Å²) in [6.45, 7) is 0. The number of aromatic amines is 1. The third-order valence-electron chi connectivity index (χ3n) is 5.34. The molecule has 2 aromatic rings. The van der Waals surface area contributed by atoms with Gasteiger partial charge in [0.05, 0.1) is 0 Å². The fraction of sp³-hybridized carbons (Fsp3) is 0.333. The van der Waals surface area contributed by atoms with Crippen LogP contribution in [0, 0.1) is 5.92 Å². The van der Waals surface area contributed by atoms with E-state index in [1.165, 1.54) is 4.90 Å². The van der Waals surface area contributed by atoms with Gasteiger partial charge in [-0.1, -0.05) is 42.5 Å². The number of nitrogens with zero attached hydrogens (tertiary/aromatic N) is 3. The summed E-state index contributed by atoms with van der Waals surface area (Å²) in [4.78, 5) is 31.0. The molecule has 1 aromatic carbocycles. The molecule has 0 spiro atoms. The Morgan fingerprint density at radius 2 is 2.14 bits per heavy atom. The maximum absolute atomic E-state index is 14.8. The number of carbonyl (C=O) groups is 2. The number of hydrogen-bond donors (Lipinski definition) is 2. The number of halogens is 1. The summed E-state index contributed by atoms with van der Waals surface area (Å²) in [7, 11) is 1.61. The van der Waals surface area contributed by atoms with Crippen LogP contribution in [0.1, 0.15) is 34.8 Å². The summed E-state index contributed by atoms with van der Waals surface area (Å²) < 4.78 is 14.8. The minimum absolute atomic E-state index is 0.0654.